The summed E-state index contributed by atoms with van der Waals surface area (Å²) in [5.41, 5.74) is 0.199. The SMILES string of the molecule is O=C(c1ccccc1F)N1CC2CNCC(C2)C1. The van der Waals surface area contributed by atoms with Crippen LogP contribution in [-0.2, 0) is 0 Å². The lowest BCUT2D eigenvalue weighted by molar-refractivity contribution is 0.0533. The number of hydrogen-bond acceptors (Lipinski definition) is 2. The standard InChI is InChI=1S/C14H17FN2O/c15-13-4-2-1-3-12(13)14(18)17-8-10-5-11(9-17)7-16-6-10/h1-4,10-11,16H,5-9H2. The number of fused-ring (bicyclic) bond motifs is 2. The summed E-state index contributed by atoms with van der Waals surface area (Å²) < 4.78 is 13.6. The normalized spacial score (nSPS) is 27.1. The summed E-state index contributed by atoms with van der Waals surface area (Å²) >= 11 is 0. The molecule has 0 aromatic heterocycles. The topological polar surface area (TPSA) is 32.3 Å². The average molecular weight is 248 g/mol. The first-order chi connectivity index (χ1) is 8.74. The molecule has 0 spiro atoms. The molecule has 1 N–H and O–H groups in total. The first kappa shape index (κ1) is 11.7. The summed E-state index contributed by atoms with van der Waals surface area (Å²) in [6, 6.07) is 6.24. The van der Waals surface area contributed by atoms with E-state index in [0.29, 0.717) is 11.8 Å². The van der Waals surface area contributed by atoms with E-state index in [1.54, 1.807) is 18.2 Å². The summed E-state index contributed by atoms with van der Waals surface area (Å²) in [6.07, 6.45) is 1.19. The number of likely N-dealkylation sites (tertiary alicyclic amines) is 1. The Morgan fingerprint density at radius 1 is 1.22 bits per heavy atom. The second kappa shape index (κ2) is 4.69. The van der Waals surface area contributed by atoms with Crippen molar-refractivity contribution in [3.8, 4) is 0 Å². The van der Waals surface area contributed by atoms with Crippen LogP contribution in [0.5, 0.6) is 0 Å². The molecular weight excluding hydrogens is 231 g/mol. The number of benzene rings is 1. The van der Waals surface area contributed by atoms with Gasteiger partial charge < -0.3 is 10.2 Å². The molecule has 2 saturated heterocycles. The van der Waals surface area contributed by atoms with E-state index in [9.17, 15) is 9.18 Å². The van der Waals surface area contributed by atoms with Crippen molar-refractivity contribution in [3.05, 3.63) is 35.6 Å². The molecule has 96 valence electrons. The van der Waals surface area contributed by atoms with E-state index < -0.39 is 5.82 Å². The smallest absolute Gasteiger partial charge is 0.256 e. The van der Waals surface area contributed by atoms with Crippen LogP contribution >= 0.6 is 0 Å². The molecule has 2 atom stereocenters. The van der Waals surface area contributed by atoms with E-state index in [2.05, 4.69) is 5.32 Å². The molecule has 0 radical (unpaired) electrons. The van der Waals surface area contributed by atoms with Crippen molar-refractivity contribution < 1.29 is 9.18 Å². The van der Waals surface area contributed by atoms with Gasteiger partial charge >= 0.3 is 0 Å². The zero-order valence-electron chi connectivity index (χ0n) is 10.2. The molecule has 0 aliphatic carbocycles. The number of hydrogen-bond donors (Lipinski definition) is 1. The van der Waals surface area contributed by atoms with Crippen LogP contribution in [0.1, 0.15) is 16.8 Å². The Kier molecular flexibility index (Phi) is 3.04. The van der Waals surface area contributed by atoms with Gasteiger partial charge in [-0.15, -0.1) is 0 Å². The number of rotatable bonds is 1. The Hall–Kier alpha value is -1.42. The minimum absolute atomic E-state index is 0.162. The third-order valence-electron chi connectivity index (χ3n) is 3.88. The highest BCUT2D eigenvalue weighted by atomic mass is 19.1. The summed E-state index contributed by atoms with van der Waals surface area (Å²) in [5.74, 6) is 0.461. The van der Waals surface area contributed by atoms with Gasteiger partial charge in [-0.05, 0) is 43.5 Å². The minimum Gasteiger partial charge on any atom is -0.338 e. The zero-order valence-corrected chi connectivity index (χ0v) is 10.2. The maximum absolute atomic E-state index is 13.6. The van der Waals surface area contributed by atoms with E-state index in [0.717, 1.165) is 26.2 Å². The van der Waals surface area contributed by atoms with Gasteiger partial charge in [0.1, 0.15) is 5.82 Å². The average Bonchev–Trinajstić information content (AvgIpc) is 2.38. The predicted molar refractivity (Wildman–Crippen MR) is 66.8 cm³/mol. The maximum atomic E-state index is 13.6. The summed E-state index contributed by atoms with van der Waals surface area (Å²) in [7, 11) is 0. The van der Waals surface area contributed by atoms with Crippen molar-refractivity contribution in [1.82, 2.24) is 10.2 Å². The fourth-order valence-electron chi connectivity index (χ4n) is 3.08. The fraction of sp³-hybridized carbons (Fsp3) is 0.500. The van der Waals surface area contributed by atoms with Crippen LogP contribution in [0.4, 0.5) is 4.39 Å². The molecule has 0 saturated carbocycles. The van der Waals surface area contributed by atoms with Gasteiger partial charge in [-0.25, -0.2) is 4.39 Å². The lowest BCUT2D eigenvalue weighted by atomic mass is 9.85. The molecule has 3 rings (SSSR count). The molecule has 2 heterocycles. The Bertz CT molecular complexity index is 451. The molecule has 2 aliphatic heterocycles. The molecule has 2 unspecified atom stereocenters. The minimum atomic E-state index is -0.420. The van der Waals surface area contributed by atoms with Gasteiger partial charge in [0, 0.05) is 13.1 Å². The van der Waals surface area contributed by atoms with E-state index in [1.165, 1.54) is 12.5 Å². The van der Waals surface area contributed by atoms with Gasteiger partial charge in [0.05, 0.1) is 5.56 Å². The zero-order chi connectivity index (χ0) is 12.5. The van der Waals surface area contributed by atoms with E-state index in [-0.39, 0.29) is 11.5 Å². The van der Waals surface area contributed by atoms with Crippen LogP contribution in [0.25, 0.3) is 0 Å². The Balaban J connectivity index is 1.79. The quantitative estimate of drug-likeness (QED) is 0.817. The first-order valence-electron chi connectivity index (χ1n) is 6.48. The highest BCUT2D eigenvalue weighted by Crippen LogP contribution is 2.25. The van der Waals surface area contributed by atoms with Crippen LogP contribution in [-0.4, -0.2) is 37.0 Å². The lowest BCUT2D eigenvalue weighted by Gasteiger charge is -2.41. The second-order valence-corrected chi connectivity index (χ2v) is 5.32. The van der Waals surface area contributed by atoms with Crippen molar-refractivity contribution in [1.29, 1.82) is 0 Å². The number of nitrogens with one attached hydrogen (secondary N) is 1. The fourth-order valence-corrected chi connectivity index (χ4v) is 3.08. The van der Waals surface area contributed by atoms with Crippen molar-refractivity contribution >= 4 is 5.91 Å². The number of carbonyl (C=O) groups excluding carboxylic acids is 1. The van der Waals surface area contributed by atoms with E-state index in [4.69, 9.17) is 0 Å². The Morgan fingerprint density at radius 3 is 2.56 bits per heavy atom. The third-order valence-corrected chi connectivity index (χ3v) is 3.88. The Labute approximate surface area is 106 Å². The molecule has 4 heteroatoms. The van der Waals surface area contributed by atoms with Gasteiger partial charge in [-0.2, -0.15) is 0 Å². The molecule has 2 bridgehead atoms. The van der Waals surface area contributed by atoms with Gasteiger partial charge in [0.25, 0.3) is 5.91 Å². The van der Waals surface area contributed by atoms with Gasteiger partial charge in [-0.3, -0.25) is 4.79 Å². The van der Waals surface area contributed by atoms with Crippen molar-refractivity contribution in [2.45, 2.75) is 6.42 Å². The van der Waals surface area contributed by atoms with Crippen LogP contribution in [0, 0.1) is 17.7 Å². The van der Waals surface area contributed by atoms with Crippen LogP contribution < -0.4 is 5.32 Å². The van der Waals surface area contributed by atoms with Gasteiger partial charge in [-0.1, -0.05) is 12.1 Å². The van der Waals surface area contributed by atoms with E-state index >= 15 is 0 Å². The van der Waals surface area contributed by atoms with Crippen LogP contribution in [0.3, 0.4) is 0 Å². The summed E-state index contributed by atoms with van der Waals surface area (Å²) in [5, 5.41) is 3.39. The van der Waals surface area contributed by atoms with Crippen molar-refractivity contribution in [2.24, 2.45) is 11.8 Å². The van der Waals surface area contributed by atoms with Crippen LogP contribution in [0.15, 0.2) is 24.3 Å². The molecule has 3 nitrogen and oxygen atoms in total. The molecule has 2 fully saturated rings. The summed E-state index contributed by atoms with van der Waals surface area (Å²) in [6.45, 7) is 3.43. The van der Waals surface area contributed by atoms with Crippen molar-refractivity contribution in [2.75, 3.05) is 26.2 Å². The number of amides is 1. The largest absolute Gasteiger partial charge is 0.338 e. The van der Waals surface area contributed by atoms with Crippen molar-refractivity contribution in [3.63, 3.8) is 0 Å². The number of piperidine rings is 2. The third kappa shape index (κ3) is 2.12. The van der Waals surface area contributed by atoms with Gasteiger partial charge in [0.2, 0.25) is 0 Å². The molecule has 1 aromatic rings. The lowest BCUT2D eigenvalue weighted by Crippen LogP contribution is -2.52. The maximum Gasteiger partial charge on any atom is 0.256 e. The monoisotopic (exact) mass is 248 g/mol. The predicted octanol–water partition coefficient (Wildman–Crippen LogP) is 1.51. The molecule has 2 aliphatic rings. The number of carbonyl (C=O) groups is 1. The highest BCUT2D eigenvalue weighted by Gasteiger charge is 2.33. The summed E-state index contributed by atoms with van der Waals surface area (Å²) in [4.78, 5) is 14.1. The Morgan fingerprint density at radius 2 is 1.89 bits per heavy atom. The molecule has 18 heavy (non-hydrogen) atoms. The van der Waals surface area contributed by atoms with Crippen LogP contribution in [0.2, 0.25) is 0 Å². The molecule has 1 aromatic carbocycles. The van der Waals surface area contributed by atoms with E-state index in [1.807, 2.05) is 4.90 Å². The highest BCUT2D eigenvalue weighted by molar-refractivity contribution is 5.94. The number of halogens is 1. The molecular formula is C14H17FN2O. The second-order valence-electron chi connectivity index (χ2n) is 5.32. The first-order valence-corrected chi connectivity index (χ1v) is 6.48. The number of nitrogens with zero attached hydrogens (tertiary/aromatic N) is 1. The van der Waals surface area contributed by atoms with Gasteiger partial charge in [0.15, 0.2) is 0 Å². The molecule has 1 amide bonds.